The standard InChI is InChI=1S/C12H22N4O/c1-7(2)9-6-10(16-13)15-12(14-9)11(17-5)8(3)4/h6-8,11H,13H2,1-5H3,(H,14,15,16). The highest BCUT2D eigenvalue weighted by atomic mass is 16.5. The van der Waals surface area contributed by atoms with Crippen molar-refractivity contribution in [3.8, 4) is 0 Å². The van der Waals surface area contributed by atoms with E-state index in [1.165, 1.54) is 0 Å². The molecule has 1 atom stereocenters. The van der Waals surface area contributed by atoms with E-state index >= 15 is 0 Å². The first-order valence-corrected chi connectivity index (χ1v) is 5.87. The quantitative estimate of drug-likeness (QED) is 0.608. The van der Waals surface area contributed by atoms with Crippen LogP contribution < -0.4 is 11.3 Å². The molecule has 0 radical (unpaired) electrons. The van der Waals surface area contributed by atoms with Crippen molar-refractivity contribution in [3.05, 3.63) is 17.6 Å². The van der Waals surface area contributed by atoms with E-state index in [2.05, 4.69) is 43.1 Å². The zero-order chi connectivity index (χ0) is 13.0. The molecular formula is C12H22N4O. The number of nitrogens with zero attached hydrogens (tertiary/aromatic N) is 2. The lowest BCUT2D eigenvalue weighted by Gasteiger charge is -2.19. The summed E-state index contributed by atoms with van der Waals surface area (Å²) in [5, 5.41) is 0. The summed E-state index contributed by atoms with van der Waals surface area (Å²) in [6.07, 6.45) is -0.110. The van der Waals surface area contributed by atoms with Crippen LogP contribution >= 0.6 is 0 Å². The van der Waals surface area contributed by atoms with Crippen LogP contribution in [0.5, 0.6) is 0 Å². The summed E-state index contributed by atoms with van der Waals surface area (Å²) in [5.41, 5.74) is 3.54. The van der Waals surface area contributed by atoms with Gasteiger partial charge in [0, 0.05) is 18.9 Å². The molecule has 0 aliphatic carbocycles. The van der Waals surface area contributed by atoms with Crippen molar-refractivity contribution < 1.29 is 4.74 Å². The highest BCUT2D eigenvalue weighted by molar-refractivity contribution is 5.35. The van der Waals surface area contributed by atoms with Gasteiger partial charge in [-0.25, -0.2) is 15.8 Å². The van der Waals surface area contributed by atoms with E-state index in [4.69, 9.17) is 10.6 Å². The Morgan fingerprint density at radius 2 is 1.88 bits per heavy atom. The number of methoxy groups -OCH3 is 1. The molecule has 1 aromatic rings. The molecule has 96 valence electrons. The molecule has 0 aliphatic rings. The predicted molar refractivity (Wildman–Crippen MR) is 68.5 cm³/mol. The fourth-order valence-corrected chi connectivity index (χ4v) is 1.66. The lowest BCUT2D eigenvalue weighted by atomic mass is 10.1. The molecule has 1 heterocycles. The molecule has 5 heteroatoms. The first kappa shape index (κ1) is 13.9. The third-order valence-electron chi connectivity index (χ3n) is 2.62. The number of anilines is 1. The van der Waals surface area contributed by atoms with Crippen LogP contribution in [0.4, 0.5) is 5.82 Å². The van der Waals surface area contributed by atoms with Crippen LogP contribution in [0.25, 0.3) is 0 Å². The van der Waals surface area contributed by atoms with Crippen LogP contribution in [0.1, 0.15) is 51.2 Å². The molecule has 0 amide bonds. The van der Waals surface area contributed by atoms with Gasteiger partial charge in [0.1, 0.15) is 11.9 Å². The summed E-state index contributed by atoms with van der Waals surface area (Å²) in [6.45, 7) is 8.33. The maximum absolute atomic E-state index is 5.44. The van der Waals surface area contributed by atoms with Gasteiger partial charge in [0.05, 0.1) is 0 Å². The minimum absolute atomic E-state index is 0.110. The van der Waals surface area contributed by atoms with E-state index in [9.17, 15) is 0 Å². The second-order valence-corrected chi connectivity index (χ2v) is 4.74. The highest BCUT2D eigenvalue weighted by Gasteiger charge is 2.20. The third kappa shape index (κ3) is 3.38. The maximum atomic E-state index is 5.44. The van der Waals surface area contributed by atoms with Gasteiger partial charge in [-0.3, -0.25) is 0 Å². The van der Waals surface area contributed by atoms with Gasteiger partial charge in [0.15, 0.2) is 5.82 Å². The van der Waals surface area contributed by atoms with E-state index < -0.39 is 0 Å². The molecule has 0 spiro atoms. The molecule has 0 aliphatic heterocycles. The van der Waals surface area contributed by atoms with Gasteiger partial charge in [-0.1, -0.05) is 27.7 Å². The Hall–Kier alpha value is -1.20. The normalized spacial score (nSPS) is 13.2. The second-order valence-electron chi connectivity index (χ2n) is 4.74. The van der Waals surface area contributed by atoms with E-state index in [-0.39, 0.29) is 6.10 Å². The Kier molecular flexibility index (Phi) is 4.84. The molecule has 1 unspecified atom stereocenters. The average Bonchev–Trinajstić information content (AvgIpc) is 2.28. The van der Waals surface area contributed by atoms with Gasteiger partial charge >= 0.3 is 0 Å². The number of hydrazine groups is 1. The van der Waals surface area contributed by atoms with Gasteiger partial charge in [-0.05, 0) is 11.8 Å². The minimum atomic E-state index is -0.110. The SMILES string of the molecule is COC(c1nc(NN)cc(C(C)C)n1)C(C)C. The Morgan fingerprint density at radius 1 is 1.24 bits per heavy atom. The lowest BCUT2D eigenvalue weighted by Crippen LogP contribution is -2.17. The van der Waals surface area contributed by atoms with E-state index in [1.807, 2.05) is 6.07 Å². The number of aromatic nitrogens is 2. The van der Waals surface area contributed by atoms with Gasteiger partial charge in [-0.2, -0.15) is 0 Å². The summed E-state index contributed by atoms with van der Waals surface area (Å²) in [4.78, 5) is 8.90. The molecule has 0 aromatic carbocycles. The van der Waals surface area contributed by atoms with Crippen LogP contribution in [0, 0.1) is 5.92 Å². The Bertz CT molecular complexity index is 366. The highest BCUT2D eigenvalue weighted by Crippen LogP contribution is 2.25. The molecule has 17 heavy (non-hydrogen) atoms. The zero-order valence-electron chi connectivity index (χ0n) is 11.2. The van der Waals surface area contributed by atoms with Crippen molar-refractivity contribution in [1.82, 2.24) is 9.97 Å². The number of hydrogen-bond acceptors (Lipinski definition) is 5. The van der Waals surface area contributed by atoms with Crippen molar-refractivity contribution in [2.45, 2.75) is 39.7 Å². The third-order valence-corrected chi connectivity index (χ3v) is 2.62. The first-order valence-electron chi connectivity index (χ1n) is 5.87. The molecule has 0 saturated carbocycles. The largest absolute Gasteiger partial charge is 0.373 e. The smallest absolute Gasteiger partial charge is 0.160 e. The fourth-order valence-electron chi connectivity index (χ4n) is 1.66. The summed E-state index contributed by atoms with van der Waals surface area (Å²) >= 11 is 0. The van der Waals surface area contributed by atoms with E-state index in [0.717, 1.165) is 5.69 Å². The van der Waals surface area contributed by atoms with Gasteiger partial charge in [0.25, 0.3) is 0 Å². The van der Waals surface area contributed by atoms with Crippen LogP contribution in [-0.4, -0.2) is 17.1 Å². The molecule has 0 fully saturated rings. The molecule has 0 saturated heterocycles. The molecule has 3 N–H and O–H groups in total. The topological polar surface area (TPSA) is 73.1 Å². The maximum Gasteiger partial charge on any atom is 0.160 e. The average molecular weight is 238 g/mol. The van der Waals surface area contributed by atoms with Crippen molar-refractivity contribution >= 4 is 5.82 Å². The van der Waals surface area contributed by atoms with Crippen LogP contribution in [-0.2, 0) is 4.74 Å². The fraction of sp³-hybridized carbons (Fsp3) is 0.667. The van der Waals surface area contributed by atoms with Gasteiger partial charge < -0.3 is 10.2 Å². The van der Waals surface area contributed by atoms with Crippen molar-refractivity contribution in [1.29, 1.82) is 0 Å². The summed E-state index contributed by atoms with van der Waals surface area (Å²) in [6, 6.07) is 1.86. The van der Waals surface area contributed by atoms with Gasteiger partial charge in [0.2, 0.25) is 0 Å². The lowest BCUT2D eigenvalue weighted by molar-refractivity contribution is 0.0573. The number of nitrogens with two attached hydrogens (primary N) is 1. The second kappa shape index (κ2) is 5.93. The van der Waals surface area contributed by atoms with Crippen molar-refractivity contribution in [3.63, 3.8) is 0 Å². The number of nitrogens with one attached hydrogen (secondary N) is 1. The van der Waals surface area contributed by atoms with Crippen LogP contribution in [0.3, 0.4) is 0 Å². The van der Waals surface area contributed by atoms with E-state index in [1.54, 1.807) is 7.11 Å². The van der Waals surface area contributed by atoms with Crippen molar-refractivity contribution in [2.75, 3.05) is 12.5 Å². The van der Waals surface area contributed by atoms with Gasteiger partial charge in [-0.15, -0.1) is 0 Å². The van der Waals surface area contributed by atoms with Crippen LogP contribution in [0.2, 0.25) is 0 Å². The number of nitrogen functional groups attached to an aromatic ring is 1. The molecule has 1 aromatic heterocycles. The molecule has 0 bridgehead atoms. The number of rotatable bonds is 5. The molecular weight excluding hydrogens is 216 g/mol. The summed E-state index contributed by atoms with van der Waals surface area (Å²) in [5.74, 6) is 7.37. The predicted octanol–water partition coefficient (Wildman–Crippen LogP) is 2.23. The van der Waals surface area contributed by atoms with Crippen LogP contribution in [0.15, 0.2) is 6.07 Å². The summed E-state index contributed by atoms with van der Waals surface area (Å²) < 4.78 is 5.44. The Morgan fingerprint density at radius 3 is 2.29 bits per heavy atom. The zero-order valence-corrected chi connectivity index (χ0v) is 11.2. The first-order chi connectivity index (χ1) is 7.99. The minimum Gasteiger partial charge on any atom is -0.373 e. The Balaban J connectivity index is 3.17. The van der Waals surface area contributed by atoms with E-state index in [0.29, 0.717) is 23.5 Å². The van der Waals surface area contributed by atoms with Crippen molar-refractivity contribution in [2.24, 2.45) is 11.8 Å². The summed E-state index contributed by atoms with van der Waals surface area (Å²) in [7, 11) is 1.67. The Labute approximate surface area is 103 Å². The molecule has 1 rings (SSSR count). The number of hydrogen-bond donors (Lipinski definition) is 2. The monoisotopic (exact) mass is 238 g/mol. The number of ether oxygens (including phenoxy) is 1. The molecule has 5 nitrogen and oxygen atoms in total.